The third-order valence-electron chi connectivity index (χ3n) is 5.43. The second-order valence-corrected chi connectivity index (χ2v) is 8.08. The summed E-state index contributed by atoms with van der Waals surface area (Å²) in [5.41, 5.74) is 3.70. The van der Waals surface area contributed by atoms with Crippen molar-refractivity contribution in [3.05, 3.63) is 96.1 Å². The van der Waals surface area contributed by atoms with E-state index in [4.69, 9.17) is 23.2 Å². The van der Waals surface area contributed by atoms with Crippen molar-refractivity contribution in [1.29, 1.82) is 0 Å². The van der Waals surface area contributed by atoms with Gasteiger partial charge in [0, 0.05) is 12.8 Å². The minimum atomic E-state index is -0.458. The summed E-state index contributed by atoms with van der Waals surface area (Å²) in [6, 6.07) is 19.9. The van der Waals surface area contributed by atoms with Gasteiger partial charge in [-0.05, 0) is 68.1 Å². The number of fused-ring (bicyclic) bond motifs is 1. The van der Waals surface area contributed by atoms with E-state index in [9.17, 15) is 9.59 Å². The van der Waals surface area contributed by atoms with Crippen molar-refractivity contribution in [3.8, 4) is 0 Å². The second kappa shape index (κ2) is 9.88. The van der Waals surface area contributed by atoms with Gasteiger partial charge in [0.25, 0.3) is 0 Å². The number of halogens is 2. The van der Waals surface area contributed by atoms with Crippen LogP contribution in [0.2, 0.25) is 0 Å². The molecule has 0 aliphatic rings. The molecule has 3 aromatic rings. The Hall–Kier alpha value is -2.68. The Morgan fingerprint density at radius 3 is 1.83 bits per heavy atom. The van der Waals surface area contributed by atoms with Crippen molar-refractivity contribution in [3.63, 3.8) is 0 Å². The summed E-state index contributed by atoms with van der Waals surface area (Å²) in [6.07, 6.45) is 3.69. The molecule has 4 heteroatoms. The Morgan fingerprint density at radius 2 is 1.27 bits per heavy atom. The first kappa shape index (κ1) is 22.0. The molecule has 2 atom stereocenters. The zero-order chi connectivity index (χ0) is 21.7. The highest BCUT2D eigenvalue weighted by molar-refractivity contribution is 6.64. The third kappa shape index (κ3) is 5.08. The summed E-state index contributed by atoms with van der Waals surface area (Å²) >= 11 is 11.7. The van der Waals surface area contributed by atoms with Crippen LogP contribution in [0.3, 0.4) is 0 Å². The Labute approximate surface area is 186 Å². The molecule has 152 valence electrons. The minimum Gasteiger partial charge on any atom is -0.281 e. The molecule has 0 spiro atoms. The van der Waals surface area contributed by atoms with Crippen molar-refractivity contribution in [2.45, 2.75) is 24.7 Å². The fraction of sp³-hybridized carbons (Fsp3) is 0.154. The maximum absolute atomic E-state index is 12.0. The Kier molecular flexibility index (Phi) is 7.25. The smallest absolute Gasteiger partial charge is 0.222 e. The van der Waals surface area contributed by atoms with Gasteiger partial charge in [-0.15, -0.1) is 0 Å². The molecular formula is C26H22Cl2O2. The van der Waals surface area contributed by atoms with Crippen LogP contribution in [0.5, 0.6) is 0 Å². The van der Waals surface area contributed by atoms with Crippen LogP contribution < -0.4 is 0 Å². The lowest BCUT2D eigenvalue weighted by Crippen LogP contribution is -2.16. The average molecular weight is 437 g/mol. The topological polar surface area (TPSA) is 34.1 Å². The minimum absolute atomic E-state index is 0.0905. The summed E-state index contributed by atoms with van der Waals surface area (Å²) < 4.78 is 0. The largest absolute Gasteiger partial charge is 0.281 e. The van der Waals surface area contributed by atoms with Crippen molar-refractivity contribution < 1.29 is 9.59 Å². The number of rotatable bonds is 9. The van der Waals surface area contributed by atoms with Crippen LogP contribution in [0.25, 0.3) is 22.9 Å². The SMILES string of the molecule is C=Cc1ccc(C(CC(=O)Cl)C(CC(=O)Cl)c2ccc3ccccc3c2)cc1C=C. The number of hydrogen-bond acceptors (Lipinski definition) is 2. The van der Waals surface area contributed by atoms with Crippen LogP contribution in [0, 0.1) is 0 Å². The standard InChI is InChI=1S/C26H22Cl2O2/c1-3-17-9-11-21(13-18(17)4-2)23(15-25(27)29)24(16-26(28)30)22-12-10-19-7-5-6-8-20(19)14-22/h3-14,23-24H,1-2,15-16H2. The first-order valence-corrected chi connectivity index (χ1v) is 10.4. The summed E-state index contributed by atoms with van der Waals surface area (Å²) in [6.45, 7) is 7.70. The monoisotopic (exact) mass is 436 g/mol. The average Bonchev–Trinajstić information content (AvgIpc) is 2.75. The fourth-order valence-corrected chi connectivity index (χ4v) is 4.29. The lowest BCUT2D eigenvalue weighted by Gasteiger charge is -2.27. The van der Waals surface area contributed by atoms with E-state index in [2.05, 4.69) is 19.2 Å². The molecule has 0 aliphatic carbocycles. The summed E-state index contributed by atoms with van der Waals surface area (Å²) in [5, 5.41) is 1.26. The maximum atomic E-state index is 12.0. The van der Waals surface area contributed by atoms with Gasteiger partial charge in [0.1, 0.15) is 0 Å². The van der Waals surface area contributed by atoms with E-state index in [1.54, 1.807) is 12.2 Å². The van der Waals surface area contributed by atoms with Crippen molar-refractivity contribution in [2.24, 2.45) is 0 Å². The Morgan fingerprint density at radius 1 is 0.733 bits per heavy atom. The molecule has 0 amide bonds. The molecule has 0 saturated carbocycles. The molecule has 0 heterocycles. The van der Waals surface area contributed by atoms with Crippen LogP contribution in [-0.4, -0.2) is 10.5 Å². The fourth-order valence-electron chi connectivity index (χ4n) is 3.96. The van der Waals surface area contributed by atoms with Gasteiger partial charge in [0.05, 0.1) is 0 Å². The van der Waals surface area contributed by atoms with Gasteiger partial charge < -0.3 is 0 Å². The van der Waals surface area contributed by atoms with E-state index in [-0.39, 0.29) is 24.7 Å². The number of carbonyl (C=O) groups is 2. The zero-order valence-electron chi connectivity index (χ0n) is 16.5. The van der Waals surface area contributed by atoms with E-state index in [0.717, 1.165) is 33.0 Å². The van der Waals surface area contributed by atoms with E-state index in [1.165, 1.54) is 0 Å². The molecule has 0 aromatic heterocycles. The van der Waals surface area contributed by atoms with Gasteiger partial charge in [0.15, 0.2) is 0 Å². The molecule has 0 saturated heterocycles. The molecule has 2 nitrogen and oxygen atoms in total. The third-order valence-corrected chi connectivity index (χ3v) is 5.74. The van der Waals surface area contributed by atoms with Gasteiger partial charge in [-0.1, -0.05) is 86.0 Å². The predicted molar refractivity (Wildman–Crippen MR) is 127 cm³/mol. The highest BCUT2D eigenvalue weighted by atomic mass is 35.5. The molecule has 2 unspecified atom stereocenters. The lowest BCUT2D eigenvalue weighted by atomic mass is 9.77. The van der Waals surface area contributed by atoms with E-state index in [0.29, 0.717) is 0 Å². The summed E-state index contributed by atoms with van der Waals surface area (Å²) in [4.78, 5) is 23.9. The van der Waals surface area contributed by atoms with Gasteiger partial charge in [-0.25, -0.2) is 0 Å². The molecule has 0 radical (unpaired) electrons. The zero-order valence-corrected chi connectivity index (χ0v) is 18.0. The molecule has 3 rings (SSSR count). The van der Waals surface area contributed by atoms with Crippen LogP contribution in [0.4, 0.5) is 0 Å². The molecule has 0 aliphatic heterocycles. The van der Waals surface area contributed by atoms with Crippen LogP contribution in [-0.2, 0) is 9.59 Å². The second-order valence-electron chi connectivity index (χ2n) is 7.23. The number of benzene rings is 3. The maximum Gasteiger partial charge on any atom is 0.222 e. The van der Waals surface area contributed by atoms with E-state index < -0.39 is 10.5 Å². The quantitative estimate of drug-likeness (QED) is 0.329. The molecule has 0 N–H and O–H groups in total. The van der Waals surface area contributed by atoms with Crippen LogP contribution in [0.1, 0.15) is 46.9 Å². The van der Waals surface area contributed by atoms with Crippen LogP contribution >= 0.6 is 23.2 Å². The molecule has 30 heavy (non-hydrogen) atoms. The van der Waals surface area contributed by atoms with Gasteiger partial charge in [-0.3, -0.25) is 9.59 Å². The van der Waals surface area contributed by atoms with E-state index in [1.807, 2.05) is 54.6 Å². The number of carbonyl (C=O) groups excluding carboxylic acids is 2. The normalized spacial score (nSPS) is 12.9. The Bertz CT molecular complexity index is 1120. The molecule has 0 fully saturated rings. The lowest BCUT2D eigenvalue weighted by molar-refractivity contribution is -0.114. The predicted octanol–water partition coefficient (Wildman–Crippen LogP) is 7.30. The molecule has 3 aromatic carbocycles. The number of hydrogen-bond donors (Lipinski definition) is 0. The molecule has 0 bridgehead atoms. The highest BCUT2D eigenvalue weighted by Crippen LogP contribution is 2.41. The van der Waals surface area contributed by atoms with E-state index >= 15 is 0 Å². The van der Waals surface area contributed by atoms with Gasteiger partial charge in [-0.2, -0.15) is 0 Å². The highest BCUT2D eigenvalue weighted by Gasteiger charge is 2.29. The van der Waals surface area contributed by atoms with Crippen molar-refractivity contribution in [1.82, 2.24) is 0 Å². The molecular weight excluding hydrogens is 415 g/mol. The summed E-state index contributed by atoms with van der Waals surface area (Å²) in [7, 11) is 0. The van der Waals surface area contributed by atoms with Crippen LogP contribution in [0.15, 0.2) is 73.8 Å². The van der Waals surface area contributed by atoms with Crippen molar-refractivity contribution >= 4 is 56.6 Å². The summed E-state index contributed by atoms with van der Waals surface area (Å²) in [5.74, 6) is -0.606. The van der Waals surface area contributed by atoms with Crippen molar-refractivity contribution in [2.75, 3.05) is 0 Å². The van der Waals surface area contributed by atoms with Gasteiger partial charge >= 0.3 is 0 Å². The van der Waals surface area contributed by atoms with Gasteiger partial charge in [0.2, 0.25) is 10.5 Å². The first-order valence-electron chi connectivity index (χ1n) is 9.67. The Balaban J connectivity index is 2.14. The first-order chi connectivity index (χ1) is 14.4.